The monoisotopic (exact) mass is 243 g/mol. The highest BCUT2D eigenvalue weighted by atomic mass is 79.9. The van der Waals surface area contributed by atoms with Gasteiger partial charge in [-0.05, 0) is 28.4 Å². The molecule has 1 rings (SSSR count). The Hall–Kier alpha value is -0.385. The summed E-state index contributed by atoms with van der Waals surface area (Å²) in [6.45, 7) is 2.07. The maximum absolute atomic E-state index is 8.86. The first-order valence-electron chi connectivity index (χ1n) is 4.15. The number of hydrogen-bond acceptors (Lipinski definition) is 3. The number of aryl methyl sites for hydroxylation is 1. The minimum Gasteiger partial charge on any atom is -0.423 e. The van der Waals surface area contributed by atoms with Crippen LogP contribution in [0, 0.1) is 0 Å². The Labute approximate surface area is 86.1 Å². The van der Waals surface area contributed by atoms with Crippen molar-refractivity contribution in [3.8, 4) is 0 Å². The van der Waals surface area contributed by atoms with Crippen LogP contribution < -0.4 is 5.46 Å². The topological polar surface area (TPSA) is 53.4 Å². The van der Waals surface area contributed by atoms with Crippen molar-refractivity contribution < 1.29 is 10.0 Å². The Morgan fingerprint density at radius 1 is 1.54 bits per heavy atom. The van der Waals surface area contributed by atoms with Gasteiger partial charge in [-0.3, -0.25) is 4.98 Å². The molecule has 0 amide bonds. The van der Waals surface area contributed by atoms with Crippen LogP contribution in [-0.4, -0.2) is 22.2 Å². The van der Waals surface area contributed by atoms with Gasteiger partial charge < -0.3 is 10.0 Å². The fourth-order valence-corrected chi connectivity index (χ4v) is 1.61. The second kappa shape index (κ2) is 4.74. The van der Waals surface area contributed by atoms with E-state index in [0.717, 1.165) is 23.0 Å². The third kappa shape index (κ3) is 2.79. The second-order valence-electron chi connectivity index (χ2n) is 2.82. The summed E-state index contributed by atoms with van der Waals surface area (Å²) in [7, 11) is -1.44. The van der Waals surface area contributed by atoms with E-state index in [1.54, 1.807) is 6.07 Å². The van der Waals surface area contributed by atoms with E-state index < -0.39 is 7.12 Å². The molecule has 0 saturated heterocycles. The number of pyridine rings is 1. The SMILES string of the molecule is CCCc1ncc(B(O)O)cc1Br. The first-order chi connectivity index (χ1) is 6.15. The van der Waals surface area contributed by atoms with Crippen LogP contribution >= 0.6 is 15.9 Å². The van der Waals surface area contributed by atoms with Gasteiger partial charge in [-0.1, -0.05) is 13.3 Å². The number of rotatable bonds is 3. The Balaban J connectivity index is 2.92. The maximum Gasteiger partial charge on any atom is 0.490 e. The molecule has 1 aromatic heterocycles. The van der Waals surface area contributed by atoms with Crippen molar-refractivity contribution in [2.75, 3.05) is 0 Å². The molecule has 0 aliphatic carbocycles. The smallest absolute Gasteiger partial charge is 0.423 e. The summed E-state index contributed by atoms with van der Waals surface area (Å²) in [6, 6.07) is 1.68. The number of nitrogens with zero attached hydrogens (tertiary/aromatic N) is 1. The van der Waals surface area contributed by atoms with Gasteiger partial charge in [0.25, 0.3) is 0 Å². The van der Waals surface area contributed by atoms with Crippen LogP contribution in [0.5, 0.6) is 0 Å². The molecular weight excluding hydrogens is 233 g/mol. The normalized spacial score (nSPS) is 10.2. The van der Waals surface area contributed by atoms with Crippen LogP contribution in [0.25, 0.3) is 0 Å². The molecule has 5 heteroatoms. The molecule has 0 bridgehead atoms. The summed E-state index contributed by atoms with van der Waals surface area (Å²) in [6.07, 6.45) is 3.40. The van der Waals surface area contributed by atoms with Gasteiger partial charge in [0, 0.05) is 16.1 Å². The van der Waals surface area contributed by atoms with E-state index in [1.807, 2.05) is 0 Å². The van der Waals surface area contributed by atoms with Gasteiger partial charge in [0.2, 0.25) is 0 Å². The highest BCUT2D eigenvalue weighted by Gasteiger charge is 2.12. The summed E-state index contributed by atoms with van der Waals surface area (Å²) in [5.41, 5.74) is 1.36. The standard InChI is InChI=1S/C8H11BBrNO2/c1-2-3-8-7(10)4-6(5-11-8)9(12)13/h4-5,12-13H,2-3H2,1H3. The third-order valence-electron chi connectivity index (χ3n) is 1.72. The Morgan fingerprint density at radius 2 is 2.23 bits per heavy atom. The summed E-state index contributed by atoms with van der Waals surface area (Å²) in [5.74, 6) is 0. The van der Waals surface area contributed by atoms with Crippen molar-refractivity contribution >= 4 is 28.5 Å². The Bertz CT molecular complexity index is 293. The molecule has 0 fully saturated rings. The van der Waals surface area contributed by atoms with Crippen LogP contribution in [0.1, 0.15) is 19.0 Å². The van der Waals surface area contributed by atoms with Gasteiger partial charge in [-0.15, -0.1) is 0 Å². The molecule has 3 nitrogen and oxygen atoms in total. The molecule has 0 spiro atoms. The van der Waals surface area contributed by atoms with Gasteiger partial charge in [-0.25, -0.2) is 0 Å². The predicted octanol–water partition coefficient (Wildman–Crippen LogP) is 0.476. The molecule has 13 heavy (non-hydrogen) atoms. The quantitative estimate of drug-likeness (QED) is 0.760. The highest BCUT2D eigenvalue weighted by molar-refractivity contribution is 9.10. The number of hydrogen-bond donors (Lipinski definition) is 2. The van der Waals surface area contributed by atoms with E-state index in [9.17, 15) is 0 Å². The van der Waals surface area contributed by atoms with Gasteiger partial charge in [-0.2, -0.15) is 0 Å². The van der Waals surface area contributed by atoms with Crippen molar-refractivity contribution in [3.05, 3.63) is 22.4 Å². The third-order valence-corrected chi connectivity index (χ3v) is 2.41. The molecule has 0 aromatic carbocycles. The minimum atomic E-state index is -1.44. The maximum atomic E-state index is 8.86. The minimum absolute atomic E-state index is 0.409. The largest absolute Gasteiger partial charge is 0.490 e. The van der Waals surface area contributed by atoms with E-state index in [4.69, 9.17) is 10.0 Å². The van der Waals surface area contributed by atoms with Gasteiger partial charge in [0.1, 0.15) is 0 Å². The zero-order chi connectivity index (χ0) is 9.84. The fourth-order valence-electron chi connectivity index (χ4n) is 1.04. The number of halogens is 1. The van der Waals surface area contributed by atoms with Crippen molar-refractivity contribution in [2.45, 2.75) is 19.8 Å². The lowest BCUT2D eigenvalue weighted by Crippen LogP contribution is -2.30. The number of aromatic nitrogens is 1. The van der Waals surface area contributed by atoms with Crippen LogP contribution in [0.3, 0.4) is 0 Å². The first-order valence-corrected chi connectivity index (χ1v) is 4.95. The van der Waals surface area contributed by atoms with Crippen molar-refractivity contribution in [3.63, 3.8) is 0 Å². The van der Waals surface area contributed by atoms with Crippen molar-refractivity contribution in [1.29, 1.82) is 0 Å². The van der Waals surface area contributed by atoms with Crippen LogP contribution in [0.4, 0.5) is 0 Å². The van der Waals surface area contributed by atoms with Gasteiger partial charge in [0.05, 0.1) is 5.69 Å². The molecule has 70 valence electrons. The predicted molar refractivity (Wildman–Crippen MR) is 55.8 cm³/mol. The van der Waals surface area contributed by atoms with Gasteiger partial charge in [0.15, 0.2) is 0 Å². The molecule has 1 heterocycles. The summed E-state index contributed by atoms with van der Waals surface area (Å²) >= 11 is 3.33. The van der Waals surface area contributed by atoms with E-state index in [0.29, 0.717) is 5.46 Å². The molecule has 0 atom stereocenters. The van der Waals surface area contributed by atoms with E-state index in [-0.39, 0.29) is 0 Å². The summed E-state index contributed by atoms with van der Waals surface area (Å²) < 4.78 is 0.833. The lowest BCUT2D eigenvalue weighted by atomic mass is 9.81. The zero-order valence-corrected chi connectivity index (χ0v) is 8.95. The fraction of sp³-hybridized carbons (Fsp3) is 0.375. The van der Waals surface area contributed by atoms with Crippen LogP contribution in [0.15, 0.2) is 16.7 Å². The van der Waals surface area contributed by atoms with Crippen LogP contribution in [-0.2, 0) is 6.42 Å². The van der Waals surface area contributed by atoms with Crippen molar-refractivity contribution in [2.24, 2.45) is 0 Å². The molecule has 0 aliphatic rings. The highest BCUT2D eigenvalue weighted by Crippen LogP contribution is 2.13. The molecule has 0 aliphatic heterocycles. The van der Waals surface area contributed by atoms with E-state index >= 15 is 0 Å². The zero-order valence-electron chi connectivity index (χ0n) is 7.37. The Morgan fingerprint density at radius 3 is 2.69 bits per heavy atom. The van der Waals surface area contributed by atoms with Gasteiger partial charge >= 0.3 is 7.12 Å². The summed E-state index contributed by atoms with van der Waals surface area (Å²) in [4.78, 5) is 4.12. The molecule has 1 aromatic rings. The lowest BCUT2D eigenvalue weighted by Gasteiger charge is -2.04. The average Bonchev–Trinajstić information content (AvgIpc) is 2.08. The summed E-state index contributed by atoms with van der Waals surface area (Å²) in [5, 5.41) is 17.7. The van der Waals surface area contributed by atoms with E-state index in [1.165, 1.54) is 6.20 Å². The van der Waals surface area contributed by atoms with E-state index in [2.05, 4.69) is 27.8 Å². The first kappa shape index (κ1) is 10.7. The molecule has 0 unspecified atom stereocenters. The average molecular weight is 244 g/mol. The molecule has 2 N–H and O–H groups in total. The van der Waals surface area contributed by atoms with Crippen molar-refractivity contribution in [1.82, 2.24) is 4.98 Å². The molecule has 0 saturated carbocycles. The second-order valence-corrected chi connectivity index (χ2v) is 3.68. The lowest BCUT2D eigenvalue weighted by molar-refractivity contribution is 0.425. The molecule has 0 radical (unpaired) electrons. The van der Waals surface area contributed by atoms with Crippen LogP contribution in [0.2, 0.25) is 0 Å². The molecular formula is C8H11BBrNO2. The Kier molecular flexibility index (Phi) is 3.90.